The van der Waals surface area contributed by atoms with Crippen molar-refractivity contribution in [1.29, 1.82) is 0 Å². The molecule has 2 rings (SSSR count). The molecule has 0 fully saturated rings. The van der Waals surface area contributed by atoms with Gasteiger partial charge in [-0.1, -0.05) is 12.1 Å². The van der Waals surface area contributed by atoms with Crippen molar-refractivity contribution in [2.45, 2.75) is 13.0 Å². The van der Waals surface area contributed by atoms with Crippen molar-refractivity contribution in [1.82, 2.24) is 0 Å². The Morgan fingerprint density at radius 2 is 1.45 bits per heavy atom. The lowest BCUT2D eigenvalue weighted by atomic mass is 9.98. The number of aliphatic hydroxyl groups excluding tert-OH is 1. The second kappa shape index (κ2) is 5.20. The number of hydrogen-bond donors (Lipinski definition) is 1. The first-order chi connectivity index (χ1) is 9.32. The van der Waals surface area contributed by atoms with Crippen LogP contribution in [0.4, 0.5) is 22.0 Å². The van der Waals surface area contributed by atoms with Gasteiger partial charge in [0, 0.05) is 17.7 Å². The average Bonchev–Trinajstić information content (AvgIpc) is 2.34. The Kier molecular flexibility index (Phi) is 3.76. The van der Waals surface area contributed by atoms with E-state index in [1.807, 2.05) is 0 Å². The molecule has 0 saturated heterocycles. The minimum atomic E-state index is -2.08. The van der Waals surface area contributed by atoms with Gasteiger partial charge in [-0.05, 0) is 12.5 Å². The summed E-state index contributed by atoms with van der Waals surface area (Å²) in [6.45, 7) is 1.30. The minimum absolute atomic E-state index is 0.0153. The summed E-state index contributed by atoms with van der Waals surface area (Å²) in [5.41, 5.74) is -1.58. The smallest absolute Gasteiger partial charge is 0.165 e. The third-order valence-corrected chi connectivity index (χ3v) is 2.92. The summed E-state index contributed by atoms with van der Waals surface area (Å²) in [4.78, 5) is 0. The fraction of sp³-hybridized carbons (Fsp3) is 0.143. The highest BCUT2D eigenvalue weighted by Crippen LogP contribution is 2.30. The van der Waals surface area contributed by atoms with Crippen LogP contribution < -0.4 is 0 Å². The van der Waals surface area contributed by atoms with Crippen LogP contribution in [-0.2, 0) is 0 Å². The summed E-state index contributed by atoms with van der Waals surface area (Å²) >= 11 is 0. The monoisotopic (exact) mass is 288 g/mol. The lowest BCUT2D eigenvalue weighted by Gasteiger charge is -2.15. The summed E-state index contributed by atoms with van der Waals surface area (Å²) < 4.78 is 66.9. The van der Waals surface area contributed by atoms with Crippen molar-refractivity contribution < 1.29 is 27.1 Å². The number of rotatable bonds is 2. The number of aryl methyl sites for hydroxylation is 1. The maximum Gasteiger partial charge on any atom is 0.165 e. The quantitative estimate of drug-likeness (QED) is 0.834. The van der Waals surface area contributed by atoms with E-state index in [1.54, 1.807) is 0 Å². The Morgan fingerprint density at radius 1 is 0.900 bits per heavy atom. The summed E-state index contributed by atoms with van der Waals surface area (Å²) in [6, 6.07) is 2.88. The molecule has 0 aliphatic rings. The maximum absolute atomic E-state index is 13.7. The molecule has 0 heterocycles. The van der Waals surface area contributed by atoms with Crippen molar-refractivity contribution in [3.8, 4) is 0 Å². The number of halogens is 5. The molecule has 20 heavy (non-hydrogen) atoms. The Labute approximate surface area is 111 Å². The number of aliphatic hydroxyl groups is 1. The Hall–Kier alpha value is -1.95. The van der Waals surface area contributed by atoms with Crippen molar-refractivity contribution in [2.24, 2.45) is 0 Å². The van der Waals surface area contributed by atoms with Gasteiger partial charge in [-0.15, -0.1) is 0 Å². The fourth-order valence-corrected chi connectivity index (χ4v) is 1.84. The van der Waals surface area contributed by atoms with Crippen LogP contribution in [0, 0.1) is 36.0 Å². The lowest BCUT2D eigenvalue weighted by molar-refractivity contribution is 0.202. The molecular weight excluding hydrogens is 279 g/mol. The fourth-order valence-electron chi connectivity index (χ4n) is 1.84. The first-order valence-corrected chi connectivity index (χ1v) is 5.60. The molecule has 0 aliphatic carbocycles. The van der Waals surface area contributed by atoms with Gasteiger partial charge in [0.05, 0.1) is 5.56 Å². The van der Waals surface area contributed by atoms with Gasteiger partial charge < -0.3 is 5.11 Å². The third kappa shape index (κ3) is 2.38. The van der Waals surface area contributed by atoms with E-state index in [1.165, 1.54) is 6.92 Å². The minimum Gasteiger partial charge on any atom is -0.383 e. The van der Waals surface area contributed by atoms with E-state index in [0.29, 0.717) is 12.1 Å². The summed E-state index contributed by atoms with van der Waals surface area (Å²) in [6.07, 6.45) is -2.08. The van der Waals surface area contributed by atoms with E-state index in [0.717, 1.165) is 12.1 Å². The average molecular weight is 288 g/mol. The van der Waals surface area contributed by atoms with E-state index in [4.69, 9.17) is 0 Å². The lowest BCUT2D eigenvalue weighted by Crippen LogP contribution is -2.10. The molecule has 1 N–H and O–H groups in total. The molecule has 106 valence electrons. The highest BCUT2D eigenvalue weighted by atomic mass is 19.2. The zero-order valence-electron chi connectivity index (χ0n) is 10.2. The molecule has 6 heteroatoms. The molecule has 0 aromatic heterocycles. The molecule has 1 nitrogen and oxygen atoms in total. The SMILES string of the molecule is Cc1ccc(C(O)c2c(F)cc(F)cc2F)c(F)c1F. The third-order valence-electron chi connectivity index (χ3n) is 2.92. The van der Waals surface area contributed by atoms with Crippen LogP contribution in [0.25, 0.3) is 0 Å². The summed E-state index contributed by atoms with van der Waals surface area (Å²) in [5, 5.41) is 9.83. The molecule has 2 aromatic carbocycles. The standard InChI is InChI=1S/C14H9F5O/c1-6-2-3-8(13(19)12(6)18)14(20)11-9(16)4-7(15)5-10(11)17/h2-5,14,20H,1H3. The summed E-state index contributed by atoms with van der Waals surface area (Å²) in [7, 11) is 0. The summed E-state index contributed by atoms with van der Waals surface area (Å²) in [5.74, 6) is -6.55. The molecule has 1 unspecified atom stereocenters. The molecular formula is C14H9F5O. The van der Waals surface area contributed by atoms with Crippen molar-refractivity contribution in [3.63, 3.8) is 0 Å². The molecule has 1 atom stereocenters. The van der Waals surface area contributed by atoms with Crippen LogP contribution in [-0.4, -0.2) is 5.11 Å². The molecule has 0 amide bonds. The normalized spacial score (nSPS) is 12.6. The largest absolute Gasteiger partial charge is 0.383 e. The van der Waals surface area contributed by atoms with Gasteiger partial charge in [0.2, 0.25) is 0 Å². The number of benzene rings is 2. The second-order valence-electron chi connectivity index (χ2n) is 4.29. The van der Waals surface area contributed by atoms with Crippen molar-refractivity contribution >= 4 is 0 Å². The first kappa shape index (κ1) is 14.5. The Morgan fingerprint density at radius 3 is 2.00 bits per heavy atom. The van der Waals surface area contributed by atoms with Crippen molar-refractivity contribution in [3.05, 3.63) is 70.0 Å². The topological polar surface area (TPSA) is 20.2 Å². The highest BCUT2D eigenvalue weighted by Gasteiger charge is 2.25. The second-order valence-corrected chi connectivity index (χ2v) is 4.29. The van der Waals surface area contributed by atoms with Crippen molar-refractivity contribution in [2.75, 3.05) is 0 Å². The van der Waals surface area contributed by atoms with Crippen LogP contribution in [0.3, 0.4) is 0 Å². The van der Waals surface area contributed by atoms with Crippen LogP contribution in [0.1, 0.15) is 22.8 Å². The molecule has 0 radical (unpaired) electrons. The van der Waals surface area contributed by atoms with E-state index in [9.17, 15) is 27.1 Å². The predicted octanol–water partition coefficient (Wildman–Crippen LogP) is 3.77. The highest BCUT2D eigenvalue weighted by molar-refractivity contribution is 5.35. The van der Waals surface area contributed by atoms with Gasteiger partial charge in [0.25, 0.3) is 0 Å². The van der Waals surface area contributed by atoms with Gasteiger partial charge in [-0.2, -0.15) is 0 Å². The van der Waals surface area contributed by atoms with E-state index < -0.39 is 46.3 Å². The maximum atomic E-state index is 13.7. The van der Waals surface area contributed by atoms with Gasteiger partial charge in [-0.3, -0.25) is 0 Å². The zero-order valence-corrected chi connectivity index (χ0v) is 10.2. The van der Waals surface area contributed by atoms with Gasteiger partial charge in [0.15, 0.2) is 11.6 Å². The zero-order chi connectivity index (χ0) is 15.0. The van der Waals surface area contributed by atoms with E-state index in [-0.39, 0.29) is 5.56 Å². The van der Waals surface area contributed by atoms with E-state index in [2.05, 4.69) is 0 Å². The molecule has 0 saturated carbocycles. The Bertz CT molecular complexity index is 646. The molecule has 0 spiro atoms. The van der Waals surface area contributed by atoms with Gasteiger partial charge >= 0.3 is 0 Å². The van der Waals surface area contributed by atoms with Crippen LogP contribution in [0.2, 0.25) is 0 Å². The van der Waals surface area contributed by atoms with Crippen LogP contribution >= 0.6 is 0 Å². The van der Waals surface area contributed by atoms with Gasteiger partial charge in [-0.25, -0.2) is 22.0 Å². The van der Waals surface area contributed by atoms with Crippen LogP contribution in [0.5, 0.6) is 0 Å². The predicted molar refractivity (Wildman–Crippen MR) is 61.5 cm³/mol. The first-order valence-electron chi connectivity index (χ1n) is 5.60. The van der Waals surface area contributed by atoms with Gasteiger partial charge in [0.1, 0.15) is 23.6 Å². The Balaban J connectivity index is 2.58. The van der Waals surface area contributed by atoms with E-state index >= 15 is 0 Å². The number of hydrogen-bond acceptors (Lipinski definition) is 1. The molecule has 0 bridgehead atoms. The van der Waals surface area contributed by atoms with Crippen LogP contribution in [0.15, 0.2) is 24.3 Å². The molecule has 2 aromatic rings. The molecule has 0 aliphatic heterocycles.